The molecule has 0 aliphatic carbocycles. The van der Waals surface area contributed by atoms with Gasteiger partial charge in [0.2, 0.25) is 5.95 Å². The van der Waals surface area contributed by atoms with Gasteiger partial charge >= 0.3 is 0 Å². The molecule has 6 heteroatoms. The molecule has 0 radical (unpaired) electrons. The largest absolute Gasteiger partial charge is 0.497 e. The highest BCUT2D eigenvalue weighted by Crippen LogP contribution is 2.27. The second-order valence-electron chi connectivity index (χ2n) is 6.43. The molecule has 1 aliphatic heterocycles. The van der Waals surface area contributed by atoms with E-state index < -0.39 is 0 Å². The molecule has 1 aromatic heterocycles. The molecule has 6 nitrogen and oxygen atoms in total. The van der Waals surface area contributed by atoms with Crippen LogP contribution in [-0.4, -0.2) is 41.4 Å². The predicted octanol–water partition coefficient (Wildman–Crippen LogP) is 2.40. The van der Waals surface area contributed by atoms with Crippen LogP contribution in [0.3, 0.4) is 0 Å². The minimum atomic E-state index is -0.0745. The Labute approximate surface area is 148 Å². The van der Waals surface area contributed by atoms with Gasteiger partial charge in [-0.3, -0.25) is 0 Å². The van der Waals surface area contributed by atoms with Gasteiger partial charge in [-0.25, -0.2) is 4.98 Å². The number of aryl methyl sites for hydroxylation is 1. The van der Waals surface area contributed by atoms with Crippen LogP contribution in [-0.2, 0) is 19.4 Å². The summed E-state index contributed by atoms with van der Waals surface area (Å²) in [7, 11) is 1.70. The smallest absolute Gasteiger partial charge is 0.225 e. The van der Waals surface area contributed by atoms with Gasteiger partial charge in [0.1, 0.15) is 11.6 Å². The summed E-state index contributed by atoms with van der Waals surface area (Å²) in [5.41, 5.74) is 3.65. The lowest BCUT2D eigenvalue weighted by Crippen LogP contribution is -2.31. The van der Waals surface area contributed by atoms with E-state index in [1.54, 1.807) is 7.11 Å². The Bertz CT molecular complexity index is 735. The summed E-state index contributed by atoms with van der Waals surface area (Å²) in [5, 5.41) is 12.4. The van der Waals surface area contributed by atoms with Crippen molar-refractivity contribution in [1.82, 2.24) is 9.97 Å². The predicted molar refractivity (Wildman–Crippen MR) is 99.3 cm³/mol. The first-order chi connectivity index (χ1) is 12.1. The van der Waals surface area contributed by atoms with Crippen LogP contribution in [0.1, 0.15) is 30.7 Å². The maximum absolute atomic E-state index is 9.25. The van der Waals surface area contributed by atoms with Crippen LogP contribution >= 0.6 is 0 Å². The first kappa shape index (κ1) is 17.5. The van der Waals surface area contributed by atoms with Crippen LogP contribution in [0.4, 0.5) is 11.8 Å². The van der Waals surface area contributed by atoms with E-state index in [2.05, 4.69) is 45.3 Å². The highest BCUT2D eigenvalue weighted by molar-refractivity contribution is 5.49. The van der Waals surface area contributed by atoms with Gasteiger partial charge in [-0.2, -0.15) is 4.98 Å². The van der Waals surface area contributed by atoms with Crippen LogP contribution in [0.2, 0.25) is 0 Å². The fourth-order valence-corrected chi connectivity index (χ4v) is 3.01. The molecule has 0 saturated heterocycles. The third kappa shape index (κ3) is 4.02. The van der Waals surface area contributed by atoms with Gasteiger partial charge in [0.25, 0.3) is 0 Å². The van der Waals surface area contributed by atoms with E-state index in [4.69, 9.17) is 4.74 Å². The number of fused-ring (bicyclic) bond motifs is 1. The SMILES string of the molecule is CCc1cc(N2CCc3cc(OC)ccc3C2)nc(N[C@@H](C)CO)n1. The standard InChI is InChI=1S/C19H26N4O2/c1-4-16-10-18(22-19(21-16)20-13(2)12-24)23-8-7-14-9-17(25-3)6-5-15(14)11-23/h5-6,9-10,13,24H,4,7-8,11-12H2,1-3H3,(H,20,21,22)/t13-/m0/s1. The second-order valence-corrected chi connectivity index (χ2v) is 6.43. The van der Waals surface area contributed by atoms with E-state index in [1.807, 2.05) is 13.0 Å². The highest BCUT2D eigenvalue weighted by atomic mass is 16.5. The van der Waals surface area contributed by atoms with E-state index in [0.717, 1.165) is 43.2 Å². The fourth-order valence-electron chi connectivity index (χ4n) is 3.01. The number of benzene rings is 1. The lowest BCUT2D eigenvalue weighted by molar-refractivity contribution is 0.281. The highest BCUT2D eigenvalue weighted by Gasteiger charge is 2.19. The summed E-state index contributed by atoms with van der Waals surface area (Å²) >= 11 is 0. The molecule has 0 saturated carbocycles. The zero-order valence-electron chi connectivity index (χ0n) is 15.1. The van der Waals surface area contributed by atoms with Crippen molar-refractivity contribution in [2.75, 3.05) is 30.5 Å². The van der Waals surface area contributed by atoms with Gasteiger partial charge in [0.05, 0.1) is 13.7 Å². The number of nitrogens with one attached hydrogen (secondary N) is 1. The van der Waals surface area contributed by atoms with Crippen molar-refractivity contribution in [3.63, 3.8) is 0 Å². The normalized spacial score (nSPS) is 14.8. The van der Waals surface area contributed by atoms with Crippen molar-refractivity contribution < 1.29 is 9.84 Å². The molecule has 1 aromatic carbocycles. The zero-order valence-corrected chi connectivity index (χ0v) is 15.1. The maximum Gasteiger partial charge on any atom is 0.225 e. The molecule has 2 aromatic rings. The third-order valence-electron chi connectivity index (χ3n) is 4.53. The summed E-state index contributed by atoms with van der Waals surface area (Å²) in [6.45, 7) is 5.78. The summed E-state index contributed by atoms with van der Waals surface area (Å²) in [6.07, 6.45) is 1.81. The van der Waals surface area contributed by atoms with Crippen molar-refractivity contribution in [3.8, 4) is 5.75 Å². The lowest BCUT2D eigenvalue weighted by atomic mass is 9.99. The molecular weight excluding hydrogens is 316 g/mol. The number of aliphatic hydroxyl groups excluding tert-OH is 1. The summed E-state index contributed by atoms with van der Waals surface area (Å²) in [5.74, 6) is 2.42. The van der Waals surface area contributed by atoms with Gasteiger partial charge in [0.15, 0.2) is 0 Å². The van der Waals surface area contributed by atoms with Gasteiger partial charge in [-0.05, 0) is 43.0 Å². The number of aliphatic hydroxyl groups is 1. The average molecular weight is 342 g/mol. The number of hydrogen-bond acceptors (Lipinski definition) is 6. The van der Waals surface area contributed by atoms with Crippen molar-refractivity contribution in [2.45, 2.75) is 39.3 Å². The van der Waals surface area contributed by atoms with Crippen molar-refractivity contribution >= 4 is 11.8 Å². The number of aromatic nitrogens is 2. The molecule has 0 spiro atoms. The molecular formula is C19H26N4O2. The van der Waals surface area contributed by atoms with Crippen LogP contribution in [0.15, 0.2) is 24.3 Å². The molecule has 25 heavy (non-hydrogen) atoms. The van der Waals surface area contributed by atoms with E-state index >= 15 is 0 Å². The van der Waals surface area contributed by atoms with Crippen LogP contribution < -0.4 is 15.0 Å². The minimum absolute atomic E-state index is 0.0496. The Morgan fingerprint density at radius 3 is 2.84 bits per heavy atom. The van der Waals surface area contributed by atoms with Gasteiger partial charge < -0.3 is 20.1 Å². The number of methoxy groups -OCH3 is 1. The molecule has 2 N–H and O–H groups in total. The van der Waals surface area contributed by atoms with Gasteiger partial charge in [-0.1, -0.05) is 13.0 Å². The Kier molecular flexibility index (Phi) is 5.38. The molecule has 0 unspecified atom stereocenters. The van der Waals surface area contributed by atoms with Crippen molar-refractivity contribution in [1.29, 1.82) is 0 Å². The maximum atomic E-state index is 9.25. The number of nitrogens with zero attached hydrogens (tertiary/aromatic N) is 3. The van der Waals surface area contributed by atoms with Crippen LogP contribution in [0, 0.1) is 0 Å². The molecule has 0 bridgehead atoms. The number of hydrogen-bond donors (Lipinski definition) is 2. The molecule has 1 aliphatic rings. The van der Waals surface area contributed by atoms with E-state index in [9.17, 15) is 5.11 Å². The topological polar surface area (TPSA) is 70.5 Å². The summed E-state index contributed by atoms with van der Waals surface area (Å²) in [6, 6.07) is 8.25. The molecule has 1 atom stereocenters. The number of rotatable bonds is 6. The Hall–Kier alpha value is -2.34. The van der Waals surface area contributed by atoms with Crippen LogP contribution in [0.5, 0.6) is 5.75 Å². The Balaban J connectivity index is 1.84. The summed E-state index contributed by atoms with van der Waals surface area (Å²) < 4.78 is 5.32. The Morgan fingerprint density at radius 2 is 2.12 bits per heavy atom. The monoisotopic (exact) mass is 342 g/mol. The number of ether oxygens (including phenoxy) is 1. The number of anilines is 2. The fraction of sp³-hybridized carbons (Fsp3) is 0.474. The molecule has 134 valence electrons. The van der Waals surface area contributed by atoms with Crippen molar-refractivity contribution in [3.05, 3.63) is 41.1 Å². The first-order valence-electron chi connectivity index (χ1n) is 8.79. The quantitative estimate of drug-likeness (QED) is 0.840. The van der Waals surface area contributed by atoms with Crippen LogP contribution in [0.25, 0.3) is 0 Å². The molecule has 3 rings (SSSR count). The Morgan fingerprint density at radius 1 is 1.28 bits per heavy atom. The molecule has 0 amide bonds. The minimum Gasteiger partial charge on any atom is -0.497 e. The first-order valence-corrected chi connectivity index (χ1v) is 8.79. The van der Waals surface area contributed by atoms with Gasteiger partial charge in [0, 0.05) is 30.9 Å². The van der Waals surface area contributed by atoms with Crippen molar-refractivity contribution in [2.24, 2.45) is 0 Å². The molecule has 2 heterocycles. The third-order valence-corrected chi connectivity index (χ3v) is 4.53. The van der Waals surface area contributed by atoms with E-state index in [-0.39, 0.29) is 12.6 Å². The average Bonchev–Trinajstić information content (AvgIpc) is 2.66. The van der Waals surface area contributed by atoms with E-state index in [0.29, 0.717) is 5.95 Å². The summed E-state index contributed by atoms with van der Waals surface area (Å²) in [4.78, 5) is 11.5. The van der Waals surface area contributed by atoms with Gasteiger partial charge in [-0.15, -0.1) is 0 Å². The van der Waals surface area contributed by atoms with E-state index in [1.165, 1.54) is 11.1 Å². The second kappa shape index (κ2) is 7.70. The zero-order chi connectivity index (χ0) is 17.8. The lowest BCUT2D eigenvalue weighted by Gasteiger charge is -2.30. The molecule has 0 fully saturated rings.